The van der Waals surface area contributed by atoms with E-state index in [9.17, 15) is 8.42 Å². The van der Waals surface area contributed by atoms with Crippen LogP contribution in [0.5, 0.6) is 0 Å². The quantitative estimate of drug-likeness (QED) is 0.821. The van der Waals surface area contributed by atoms with Gasteiger partial charge in [0.05, 0.1) is 4.90 Å². The summed E-state index contributed by atoms with van der Waals surface area (Å²) < 4.78 is 22.8. The molecule has 0 N–H and O–H groups in total. The van der Waals surface area contributed by atoms with E-state index in [0.717, 1.165) is 5.82 Å². The van der Waals surface area contributed by atoms with Gasteiger partial charge in [-0.05, 0) is 44.2 Å². The number of aromatic nitrogens is 1. The van der Waals surface area contributed by atoms with E-state index < -0.39 is 9.84 Å². The minimum Gasteiger partial charge on any atom is -0.351 e. The zero-order chi connectivity index (χ0) is 12.8. The molecule has 0 aliphatic carbocycles. The molecule has 98 valence electrons. The molecule has 3 rings (SSSR count). The summed E-state index contributed by atoms with van der Waals surface area (Å²) >= 11 is 0. The van der Waals surface area contributed by atoms with Gasteiger partial charge >= 0.3 is 0 Å². The number of hydrogen-bond acceptors (Lipinski definition) is 4. The second-order valence-electron chi connectivity index (χ2n) is 5.35. The Hall–Kier alpha value is -1.10. The van der Waals surface area contributed by atoms with Crippen molar-refractivity contribution in [2.75, 3.05) is 11.2 Å². The lowest BCUT2D eigenvalue weighted by Crippen LogP contribution is -2.40. The van der Waals surface area contributed by atoms with Gasteiger partial charge in [-0.2, -0.15) is 0 Å². The SMILES string of the molecule is CS(=O)(=O)c1ccc(N2C3CCCC2CC3)nc1. The third-order valence-electron chi connectivity index (χ3n) is 4.11. The maximum Gasteiger partial charge on any atom is 0.177 e. The van der Waals surface area contributed by atoms with Gasteiger partial charge < -0.3 is 4.90 Å². The number of pyridine rings is 1. The lowest BCUT2D eigenvalue weighted by Gasteiger charge is -2.35. The third-order valence-corrected chi connectivity index (χ3v) is 5.21. The first-order valence-electron chi connectivity index (χ1n) is 6.50. The highest BCUT2D eigenvalue weighted by molar-refractivity contribution is 7.90. The standard InChI is InChI=1S/C13H18N2O2S/c1-18(16,17)12-7-8-13(14-9-12)15-10-3-2-4-11(15)6-5-10/h7-11H,2-6H2,1H3. The summed E-state index contributed by atoms with van der Waals surface area (Å²) in [4.78, 5) is 7.06. The van der Waals surface area contributed by atoms with Crippen molar-refractivity contribution in [3.63, 3.8) is 0 Å². The van der Waals surface area contributed by atoms with Crippen LogP contribution in [0.3, 0.4) is 0 Å². The number of piperidine rings is 1. The van der Waals surface area contributed by atoms with E-state index >= 15 is 0 Å². The van der Waals surface area contributed by atoms with Crippen LogP contribution >= 0.6 is 0 Å². The first kappa shape index (κ1) is 12.0. The number of anilines is 1. The minimum absolute atomic E-state index is 0.301. The molecule has 1 aromatic heterocycles. The smallest absolute Gasteiger partial charge is 0.177 e. The molecular formula is C13H18N2O2S. The van der Waals surface area contributed by atoms with Gasteiger partial charge in [0.2, 0.25) is 0 Å². The van der Waals surface area contributed by atoms with Crippen LogP contribution < -0.4 is 4.90 Å². The Morgan fingerprint density at radius 2 is 1.83 bits per heavy atom. The maximum atomic E-state index is 11.4. The van der Waals surface area contributed by atoms with Crippen LogP contribution in [0.4, 0.5) is 5.82 Å². The Morgan fingerprint density at radius 1 is 1.17 bits per heavy atom. The van der Waals surface area contributed by atoms with Gasteiger partial charge in [-0.3, -0.25) is 0 Å². The average Bonchev–Trinajstić information content (AvgIpc) is 2.58. The summed E-state index contributed by atoms with van der Waals surface area (Å²) in [6, 6.07) is 4.75. The highest BCUT2D eigenvalue weighted by atomic mass is 32.2. The molecule has 5 heteroatoms. The van der Waals surface area contributed by atoms with Crippen LogP contribution in [0, 0.1) is 0 Å². The van der Waals surface area contributed by atoms with Gasteiger partial charge in [0.15, 0.2) is 9.84 Å². The summed E-state index contributed by atoms with van der Waals surface area (Å²) in [6.07, 6.45) is 9.00. The third kappa shape index (κ3) is 2.00. The first-order chi connectivity index (χ1) is 8.55. The normalized spacial score (nSPS) is 27.5. The van der Waals surface area contributed by atoms with Crippen molar-refractivity contribution in [2.24, 2.45) is 0 Å². The Balaban J connectivity index is 1.90. The predicted molar refractivity (Wildman–Crippen MR) is 70.5 cm³/mol. The molecule has 2 saturated heterocycles. The monoisotopic (exact) mass is 266 g/mol. The summed E-state index contributed by atoms with van der Waals surface area (Å²) in [5, 5.41) is 0. The van der Waals surface area contributed by atoms with E-state index in [1.54, 1.807) is 6.07 Å². The Morgan fingerprint density at radius 3 is 2.33 bits per heavy atom. The van der Waals surface area contributed by atoms with Crippen molar-refractivity contribution in [1.82, 2.24) is 4.98 Å². The van der Waals surface area contributed by atoms with Crippen molar-refractivity contribution in [3.8, 4) is 0 Å². The van der Waals surface area contributed by atoms with Gasteiger partial charge in [0, 0.05) is 24.5 Å². The lowest BCUT2D eigenvalue weighted by molar-refractivity contribution is 0.464. The minimum atomic E-state index is -3.14. The molecule has 1 aromatic rings. The molecule has 18 heavy (non-hydrogen) atoms. The fraction of sp³-hybridized carbons (Fsp3) is 0.615. The Labute approximate surface area is 108 Å². The molecule has 0 spiro atoms. The lowest BCUT2D eigenvalue weighted by atomic mass is 10.0. The Bertz CT molecular complexity index is 523. The van der Waals surface area contributed by atoms with Crippen LogP contribution in [0.25, 0.3) is 0 Å². The largest absolute Gasteiger partial charge is 0.351 e. The van der Waals surface area contributed by atoms with Gasteiger partial charge in [0.1, 0.15) is 5.82 Å². The molecule has 2 unspecified atom stereocenters. The second kappa shape index (κ2) is 4.23. The maximum absolute atomic E-state index is 11.4. The second-order valence-corrected chi connectivity index (χ2v) is 7.36. The van der Waals surface area contributed by atoms with E-state index in [4.69, 9.17) is 0 Å². The number of sulfone groups is 1. The number of hydrogen-bond donors (Lipinski definition) is 0. The van der Waals surface area contributed by atoms with E-state index in [-0.39, 0.29) is 0 Å². The molecule has 0 saturated carbocycles. The van der Waals surface area contributed by atoms with Gasteiger partial charge in [0.25, 0.3) is 0 Å². The first-order valence-corrected chi connectivity index (χ1v) is 8.39. The molecule has 2 aliphatic rings. The summed E-state index contributed by atoms with van der Waals surface area (Å²) in [5.74, 6) is 0.939. The fourth-order valence-corrected chi connectivity index (χ4v) is 3.80. The zero-order valence-corrected chi connectivity index (χ0v) is 11.4. The van der Waals surface area contributed by atoms with Crippen molar-refractivity contribution in [1.29, 1.82) is 0 Å². The fourth-order valence-electron chi connectivity index (χ4n) is 3.24. The predicted octanol–water partition coefficient (Wildman–Crippen LogP) is 2.01. The number of fused-ring (bicyclic) bond motifs is 2. The van der Waals surface area contributed by atoms with Crippen LogP contribution in [0.1, 0.15) is 32.1 Å². The topological polar surface area (TPSA) is 50.3 Å². The van der Waals surface area contributed by atoms with Crippen LogP contribution in [-0.4, -0.2) is 31.7 Å². The molecule has 3 heterocycles. The van der Waals surface area contributed by atoms with Gasteiger partial charge in [-0.15, -0.1) is 0 Å². The molecule has 0 amide bonds. The summed E-state index contributed by atoms with van der Waals surface area (Å²) in [7, 11) is -3.14. The molecule has 2 bridgehead atoms. The molecule has 2 fully saturated rings. The van der Waals surface area contributed by atoms with Crippen LogP contribution in [-0.2, 0) is 9.84 Å². The summed E-state index contributed by atoms with van der Waals surface area (Å²) in [6.45, 7) is 0. The van der Waals surface area contributed by atoms with Crippen molar-refractivity contribution in [3.05, 3.63) is 18.3 Å². The van der Waals surface area contributed by atoms with Gasteiger partial charge in [-0.25, -0.2) is 13.4 Å². The molecule has 2 aliphatic heterocycles. The number of rotatable bonds is 2. The highest BCUT2D eigenvalue weighted by Gasteiger charge is 2.37. The van der Waals surface area contributed by atoms with Crippen molar-refractivity contribution >= 4 is 15.7 Å². The van der Waals surface area contributed by atoms with Crippen LogP contribution in [0.2, 0.25) is 0 Å². The van der Waals surface area contributed by atoms with E-state index in [0.29, 0.717) is 17.0 Å². The zero-order valence-electron chi connectivity index (χ0n) is 10.5. The summed E-state index contributed by atoms with van der Waals surface area (Å²) in [5.41, 5.74) is 0. The van der Waals surface area contributed by atoms with Crippen molar-refractivity contribution in [2.45, 2.75) is 49.1 Å². The molecule has 2 atom stereocenters. The van der Waals surface area contributed by atoms with E-state index in [2.05, 4.69) is 9.88 Å². The molecule has 0 aromatic carbocycles. The van der Waals surface area contributed by atoms with Crippen molar-refractivity contribution < 1.29 is 8.42 Å². The highest BCUT2D eigenvalue weighted by Crippen LogP contribution is 2.38. The van der Waals surface area contributed by atoms with Gasteiger partial charge in [-0.1, -0.05) is 0 Å². The van der Waals surface area contributed by atoms with E-state index in [1.165, 1.54) is 44.6 Å². The molecule has 4 nitrogen and oxygen atoms in total. The molecular weight excluding hydrogens is 248 g/mol. The van der Waals surface area contributed by atoms with Crippen LogP contribution in [0.15, 0.2) is 23.2 Å². The van der Waals surface area contributed by atoms with E-state index in [1.807, 2.05) is 6.07 Å². The molecule has 0 radical (unpaired) electrons. The Kier molecular flexibility index (Phi) is 2.81. The average molecular weight is 266 g/mol. The number of nitrogens with zero attached hydrogens (tertiary/aromatic N) is 2.